The lowest BCUT2D eigenvalue weighted by Crippen LogP contribution is -2.41. The van der Waals surface area contributed by atoms with Gasteiger partial charge in [-0.05, 0) is 37.1 Å². The van der Waals surface area contributed by atoms with Gasteiger partial charge in [0.25, 0.3) is 5.91 Å². The van der Waals surface area contributed by atoms with Gasteiger partial charge in [-0.25, -0.2) is 0 Å². The van der Waals surface area contributed by atoms with Crippen molar-refractivity contribution in [3.8, 4) is 0 Å². The van der Waals surface area contributed by atoms with Gasteiger partial charge in [-0.3, -0.25) is 9.59 Å². The highest BCUT2D eigenvalue weighted by molar-refractivity contribution is 8.00. The maximum atomic E-state index is 12.6. The van der Waals surface area contributed by atoms with Crippen LogP contribution >= 0.6 is 11.8 Å². The van der Waals surface area contributed by atoms with Crippen LogP contribution < -0.4 is 16.0 Å². The zero-order valence-corrected chi connectivity index (χ0v) is 15.6. The van der Waals surface area contributed by atoms with E-state index in [4.69, 9.17) is 5.73 Å². The van der Waals surface area contributed by atoms with Crippen LogP contribution in [-0.2, 0) is 11.2 Å². The number of primary amides is 1. The molecule has 1 heterocycles. The Hall–Kier alpha value is -2.47. The van der Waals surface area contributed by atoms with E-state index in [1.54, 1.807) is 6.07 Å². The molecule has 0 spiro atoms. The highest BCUT2D eigenvalue weighted by atomic mass is 32.2. The summed E-state index contributed by atoms with van der Waals surface area (Å²) in [4.78, 5) is 26.7. The van der Waals surface area contributed by atoms with Crippen molar-refractivity contribution in [3.63, 3.8) is 0 Å². The molecule has 0 aliphatic carbocycles. The van der Waals surface area contributed by atoms with Gasteiger partial charge in [-0.2, -0.15) is 0 Å². The van der Waals surface area contributed by atoms with Crippen LogP contribution in [0.3, 0.4) is 0 Å². The van der Waals surface area contributed by atoms with E-state index < -0.39 is 5.91 Å². The average Bonchev–Trinajstić information content (AvgIpc) is 3.08. The molecule has 2 aromatic rings. The average molecular weight is 369 g/mol. The van der Waals surface area contributed by atoms with Gasteiger partial charge in [0, 0.05) is 29.7 Å². The fourth-order valence-electron chi connectivity index (χ4n) is 3.20. The van der Waals surface area contributed by atoms with Crippen molar-refractivity contribution in [2.24, 2.45) is 5.73 Å². The van der Waals surface area contributed by atoms with E-state index in [0.717, 1.165) is 17.9 Å². The van der Waals surface area contributed by atoms with Crippen LogP contribution in [0.4, 0.5) is 5.69 Å². The lowest BCUT2D eigenvalue weighted by atomic mass is 10.1. The smallest absolute Gasteiger partial charge is 0.252 e. The van der Waals surface area contributed by atoms with Crippen LogP contribution in [-0.4, -0.2) is 36.7 Å². The lowest BCUT2D eigenvalue weighted by molar-refractivity contribution is -0.115. The molecule has 1 unspecified atom stereocenters. The predicted molar refractivity (Wildman–Crippen MR) is 106 cm³/mol. The summed E-state index contributed by atoms with van der Waals surface area (Å²) in [7, 11) is 0. The number of amides is 2. The summed E-state index contributed by atoms with van der Waals surface area (Å²) in [5.74, 6) is -0.367. The standard InChI is InChI=1S/C20H23N3O2S/c1-14(23-11-10-15-6-2-4-8-17(15)23)12-22-20(25)16-7-3-5-9-18(16)26-13-19(21)24/h2-9,14H,10-13H2,1H3,(H2,21,24)(H,22,25). The molecular formula is C20H23N3O2S. The number of nitrogens with zero attached hydrogens (tertiary/aromatic N) is 1. The molecule has 2 aromatic carbocycles. The third-order valence-corrected chi connectivity index (χ3v) is 5.61. The Bertz CT molecular complexity index is 809. The molecule has 136 valence electrons. The zero-order valence-electron chi connectivity index (χ0n) is 14.8. The Kier molecular flexibility index (Phi) is 5.83. The van der Waals surface area contributed by atoms with Gasteiger partial charge >= 0.3 is 0 Å². The van der Waals surface area contributed by atoms with E-state index >= 15 is 0 Å². The number of hydrogen-bond donors (Lipinski definition) is 2. The molecule has 1 aliphatic rings. The number of carbonyl (C=O) groups excluding carboxylic acids is 2. The van der Waals surface area contributed by atoms with Gasteiger partial charge in [0.1, 0.15) is 0 Å². The first kappa shape index (κ1) is 18.3. The first-order chi connectivity index (χ1) is 12.6. The van der Waals surface area contributed by atoms with Crippen LogP contribution in [0.15, 0.2) is 53.4 Å². The molecular weight excluding hydrogens is 346 g/mol. The number of thioether (sulfide) groups is 1. The number of rotatable bonds is 7. The van der Waals surface area contributed by atoms with Crippen molar-refractivity contribution in [1.29, 1.82) is 0 Å². The molecule has 6 heteroatoms. The minimum Gasteiger partial charge on any atom is -0.369 e. The Labute approximate surface area is 157 Å². The molecule has 2 amide bonds. The maximum absolute atomic E-state index is 12.6. The van der Waals surface area contributed by atoms with E-state index in [1.165, 1.54) is 23.0 Å². The van der Waals surface area contributed by atoms with Gasteiger partial charge in [-0.15, -0.1) is 11.8 Å². The second-order valence-electron chi connectivity index (χ2n) is 6.38. The number of benzene rings is 2. The number of carbonyl (C=O) groups is 2. The summed E-state index contributed by atoms with van der Waals surface area (Å²) >= 11 is 1.29. The normalized spacial score (nSPS) is 14.0. The van der Waals surface area contributed by atoms with E-state index in [-0.39, 0.29) is 17.7 Å². The molecule has 0 bridgehead atoms. The summed E-state index contributed by atoms with van der Waals surface area (Å²) < 4.78 is 0. The summed E-state index contributed by atoms with van der Waals surface area (Å²) in [6.07, 6.45) is 1.04. The Morgan fingerprint density at radius 2 is 1.92 bits per heavy atom. The first-order valence-electron chi connectivity index (χ1n) is 8.69. The fourth-order valence-corrected chi connectivity index (χ4v) is 3.99. The molecule has 0 saturated heterocycles. The van der Waals surface area contributed by atoms with Gasteiger partial charge in [0.2, 0.25) is 5.91 Å². The second kappa shape index (κ2) is 8.27. The number of hydrogen-bond acceptors (Lipinski definition) is 4. The molecule has 0 aromatic heterocycles. The number of para-hydroxylation sites is 1. The maximum Gasteiger partial charge on any atom is 0.252 e. The van der Waals surface area contributed by atoms with Crippen LogP contribution in [0.5, 0.6) is 0 Å². The number of nitrogens with two attached hydrogens (primary N) is 1. The highest BCUT2D eigenvalue weighted by Crippen LogP contribution is 2.29. The summed E-state index contributed by atoms with van der Waals surface area (Å²) in [6, 6.07) is 15.9. The molecule has 3 rings (SSSR count). The van der Waals surface area contributed by atoms with Crippen LogP contribution in [0.25, 0.3) is 0 Å². The van der Waals surface area contributed by atoms with Gasteiger partial charge < -0.3 is 16.0 Å². The van der Waals surface area contributed by atoms with Gasteiger partial charge in [0.15, 0.2) is 0 Å². The summed E-state index contributed by atoms with van der Waals surface area (Å²) in [6.45, 7) is 3.65. The molecule has 26 heavy (non-hydrogen) atoms. The minimum atomic E-state index is -0.397. The highest BCUT2D eigenvalue weighted by Gasteiger charge is 2.23. The van der Waals surface area contributed by atoms with E-state index in [1.807, 2.05) is 18.2 Å². The monoisotopic (exact) mass is 369 g/mol. The summed E-state index contributed by atoms with van der Waals surface area (Å²) in [5.41, 5.74) is 8.40. The molecule has 1 atom stereocenters. The van der Waals surface area contributed by atoms with Crippen molar-refractivity contribution >= 4 is 29.3 Å². The fraction of sp³-hybridized carbons (Fsp3) is 0.300. The Morgan fingerprint density at radius 1 is 1.19 bits per heavy atom. The van der Waals surface area contributed by atoms with E-state index in [2.05, 4.69) is 41.4 Å². The van der Waals surface area contributed by atoms with Crippen LogP contribution in [0, 0.1) is 0 Å². The quantitative estimate of drug-likeness (QED) is 0.735. The zero-order chi connectivity index (χ0) is 18.5. The summed E-state index contributed by atoms with van der Waals surface area (Å²) in [5, 5.41) is 3.02. The predicted octanol–water partition coefficient (Wildman–Crippen LogP) is 2.45. The number of fused-ring (bicyclic) bond motifs is 1. The molecule has 0 radical (unpaired) electrons. The Morgan fingerprint density at radius 3 is 2.73 bits per heavy atom. The number of nitrogens with one attached hydrogen (secondary N) is 1. The van der Waals surface area contributed by atoms with Crippen molar-refractivity contribution in [2.75, 3.05) is 23.7 Å². The molecule has 1 aliphatic heterocycles. The Balaban J connectivity index is 1.62. The van der Waals surface area contributed by atoms with Crippen LogP contribution in [0.1, 0.15) is 22.8 Å². The number of anilines is 1. The van der Waals surface area contributed by atoms with Crippen molar-refractivity contribution in [1.82, 2.24) is 5.32 Å². The third kappa shape index (κ3) is 4.19. The van der Waals surface area contributed by atoms with Gasteiger partial charge in [-0.1, -0.05) is 30.3 Å². The molecule has 0 saturated carbocycles. The SMILES string of the molecule is CC(CNC(=O)c1ccccc1SCC(N)=O)N1CCc2ccccc21. The molecule has 3 N–H and O–H groups in total. The second-order valence-corrected chi connectivity index (χ2v) is 7.40. The minimum absolute atomic E-state index is 0.128. The van der Waals surface area contributed by atoms with Crippen molar-refractivity contribution < 1.29 is 9.59 Å². The largest absolute Gasteiger partial charge is 0.369 e. The van der Waals surface area contributed by atoms with Crippen LogP contribution in [0.2, 0.25) is 0 Å². The van der Waals surface area contributed by atoms with E-state index in [0.29, 0.717) is 12.1 Å². The lowest BCUT2D eigenvalue weighted by Gasteiger charge is -2.27. The third-order valence-electron chi connectivity index (χ3n) is 4.51. The molecule has 5 nitrogen and oxygen atoms in total. The van der Waals surface area contributed by atoms with E-state index in [9.17, 15) is 9.59 Å². The van der Waals surface area contributed by atoms with Gasteiger partial charge in [0.05, 0.1) is 11.3 Å². The topological polar surface area (TPSA) is 75.4 Å². The van der Waals surface area contributed by atoms with Crippen molar-refractivity contribution in [3.05, 3.63) is 59.7 Å². The molecule has 0 fully saturated rings. The first-order valence-corrected chi connectivity index (χ1v) is 9.67. The van der Waals surface area contributed by atoms with Crippen molar-refractivity contribution in [2.45, 2.75) is 24.3 Å².